The third kappa shape index (κ3) is 6.60. The number of halogens is 1. The molecule has 1 aromatic carbocycles. The molecule has 1 N–H and O–H groups in total. The van der Waals surface area contributed by atoms with Gasteiger partial charge in [0.25, 0.3) is 5.91 Å². The molecular formula is C17H17ClN2O3S. The third-order valence-electron chi connectivity index (χ3n) is 2.98. The number of amides is 1. The Kier molecular flexibility index (Phi) is 7.58. The first-order valence-electron chi connectivity index (χ1n) is 7.32. The zero-order valence-electron chi connectivity index (χ0n) is 12.9. The van der Waals surface area contributed by atoms with Gasteiger partial charge in [-0.2, -0.15) is 11.8 Å². The summed E-state index contributed by atoms with van der Waals surface area (Å²) in [6, 6.07) is 13.1. The second kappa shape index (κ2) is 9.95. The molecule has 1 amide bonds. The second-order valence-corrected chi connectivity index (χ2v) is 6.33. The first kappa shape index (κ1) is 18.3. The maximum Gasteiger partial charge on any atom is 0.340 e. The number of rotatable bonds is 8. The van der Waals surface area contributed by atoms with Crippen molar-refractivity contribution in [3.05, 3.63) is 64.9 Å². The van der Waals surface area contributed by atoms with Gasteiger partial charge in [-0.1, -0.05) is 41.9 Å². The highest BCUT2D eigenvalue weighted by Crippen LogP contribution is 2.10. The predicted molar refractivity (Wildman–Crippen MR) is 95.1 cm³/mol. The van der Waals surface area contributed by atoms with Crippen LogP contribution in [0.3, 0.4) is 0 Å². The Morgan fingerprint density at radius 1 is 1.17 bits per heavy atom. The largest absolute Gasteiger partial charge is 0.452 e. The summed E-state index contributed by atoms with van der Waals surface area (Å²) in [5.74, 6) is 0.753. The van der Waals surface area contributed by atoms with Crippen molar-refractivity contribution in [1.82, 2.24) is 10.3 Å². The Balaban J connectivity index is 1.58. The lowest BCUT2D eigenvalue weighted by atomic mass is 10.2. The van der Waals surface area contributed by atoms with Gasteiger partial charge in [-0.25, -0.2) is 9.78 Å². The highest BCUT2D eigenvalue weighted by atomic mass is 35.5. The molecule has 0 aliphatic rings. The van der Waals surface area contributed by atoms with Crippen molar-refractivity contribution in [2.45, 2.75) is 5.75 Å². The van der Waals surface area contributed by atoms with E-state index < -0.39 is 5.97 Å². The van der Waals surface area contributed by atoms with E-state index in [2.05, 4.69) is 22.4 Å². The maximum atomic E-state index is 11.7. The van der Waals surface area contributed by atoms with E-state index in [4.69, 9.17) is 16.3 Å². The Labute approximate surface area is 149 Å². The molecule has 1 aromatic heterocycles. The highest BCUT2D eigenvalue weighted by molar-refractivity contribution is 7.98. The standard InChI is InChI=1S/C17H17ClN2O3S/c18-15-7-6-14(10-20-15)17(22)23-11-16(21)19-8-9-24-12-13-4-2-1-3-5-13/h1-7,10H,8-9,11-12H2,(H,19,21). The summed E-state index contributed by atoms with van der Waals surface area (Å²) in [4.78, 5) is 27.1. The topological polar surface area (TPSA) is 68.3 Å². The van der Waals surface area contributed by atoms with Crippen LogP contribution in [0.5, 0.6) is 0 Å². The number of carbonyl (C=O) groups excluding carboxylic acids is 2. The Morgan fingerprint density at radius 3 is 2.67 bits per heavy atom. The van der Waals surface area contributed by atoms with Gasteiger partial charge in [0.1, 0.15) is 5.15 Å². The fourth-order valence-electron chi connectivity index (χ4n) is 1.79. The number of aromatic nitrogens is 1. The van der Waals surface area contributed by atoms with Gasteiger partial charge in [0.05, 0.1) is 5.56 Å². The number of nitrogens with zero attached hydrogens (tertiary/aromatic N) is 1. The SMILES string of the molecule is O=C(COC(=O)c1ccc(Cl)nc1)NCCSCc1ccccc1. The molecule has 0 aliphatic carbocycles. The third-order valence-corrected chi connectivity index (χ3v) is 4.23. The number of carbonyl (C=O) groups is 2. The monoisotopic (exact) mass is 364 g/mol. The van der Waals surface area contributed by atoms with Gasteiger partial charge < -0.3 is 10.1 Å². The summed E-state index contributed by atoms with van der Waals surface area (Å²) >= 11 is 7.36. The van der Waals surface area contributed by atoms with Crippen LogP contribution in [-0.2, 0) is 15.3 Å². The summed E-state index contributed by atoms with van der Waals surface area (Å²) in [5.41, 5.74) is 1.50. The molecule has 0 fully saturated rings. The summed E-state index contributed by atoms with van der Waals surface area (Å²) < 4.78 is 4.92. The summed E-state index contributed by atoms with van der Waals surface area (Å²) in [6.07, 6.45) is 1.31. The minimum atomic E-state index is -0.604. The van der Waals surface area contributed by atoms with Crippen molar-refractivity contribution in [1.29, 1.82) is 0 Å². The molecule has 2 rings (SSSR count). The lowest BCUT2D eigenvalue weighted by Crippen LogP contribution is -2.30. The molecule has 0 unspecified atom stereocenters. The molecule has 0 saturated heterocycles. The summed E-state index contributed by atoms with van der Waals surface area (Å²) in [6.45, 7) is 0.210. The molecule has 24 heavy (non-hydrogen) atoms. The molecule has 0 radical (unpaired) electrons. The van der Waals surface area contributed by atoms with Crippen molar-refractivity contribution in [2.75, 3.05) is 18.9 Å². The second-order valence-electron chi connectivity index (χ2n) is 4.83. The minimum Gasteiger partial charge on any atom is -0.452 e. The van der Waals surface area contributed by atoms with E-state index >= 15 is 0 Å². The van der Waals surface area contributed by atoms with Gasteiger partial charge in [0, 0.05) is 24.2 Å². The van der Waals surface area contributed by atoms with E-state index in [1.165, 1.54) is 23.9 Å². The van der Waals surface area contributed by atoms with Crippen molar-refractivity contribution in [3.8, 4) is 0 Å². The van der Waals surface area contributed by atoms with E-state index in [9.17, 15) is 9.59 Å². The zero-order valence-corrected chi connectivity index (χ0v) is 14.5. The van der Waals surface area contributed by atoms with Gasteiger partial charge >= 0.3 is 5.97 Å². The lowest BCUT2D eigenvalue weighted by Gasteiger charge is -2.06. The van der Waals surface area contributed by atoms with Crippen LogP contribution in [0.4, 0.5) is 0 Å². The minimum absolute atomic E-state index is 0.255. The Morgan fingerprint density at radius 2 is 1.96 bits per heavy atom. The fraction of sp³-hybridized carbons (Fsp3) is 0.235. The van der Waals surface area contributed by atoms with Gasteiger partial charge in [0.15, 0.2) is 6.61 Å². The van der Waals surface area contributed by atoms with Crippen LogP contribution in [0.25, 0.3) is 0 Å². The van der Waals surface area contributed by atoms with Crippen LogP contribution in [0.1, 0.15) is 15.9 Å². The quantitative estimate of drug-likeness (QED) is 0.443. The van der Waals surface area contributed by atoms with Crippen LogP contribution >= 0.6 is 23.4 Å². The predicted octanol–water partition coefficient (Wildman–Crippen LogP) is 2.94. The maximum absolute atomic E-state index is 11.7. The molecule has 0 aliphatic heterocycles. The molecule has 0 atom stereocenters. The average Bonchev–Trinajstić information content (AvgIpc) is 2.61. The van der Waals surface area contributed by atoms with Crippen LogP contribution in [0.2, 0.25) is 5.15 Å². The van der Waals surface area contributed by atoms with E-state index in [0.717, 1.165) is 11.5 Å². The Bertz CT molecular complexity index is 665. The molecule has 126 valence electrons. The van der Waals surface area contributed by atoms with Gasteiger partial charge in [-0.05, 0) is 17.7 Å². The van der Waals surface area contributed by atoms with Crippen LogP contribution in [0, 0.1) is 0 Å². The fourth-order valence-corrected chi connectivity index (χ4v) is 2.72. The first-order valence-corrected chi connectivity index (χ1v) is 8.85. The highest BCUT2D eigenvalue weighted by Gasteiger charge is 2.10. The van der Waals surface area contributed by atoms with Gasteiger partial charge in [0.2, 0.25) is 0 Å². The van der Waals surface area contributed by atoms with E-state index in [1.807, 2.05) is 18.2 Å². The molecule has 0 bridgehead atoms. The number of thioether (sulfide) groups is 1. The lowest BCUT2D eigenvalue weighted by molar-refractivity contribution is -0.124. The molecular weight excluding hydrogens is 348 g/mol. The van der Waals surface area contributed by atoms with E-state index in [0.29, 0.717) is 6.54 Å². The smallest absolute Gasteiger partial charge is 0.340 e. The molecule has 0 spiro atoms. The number of nitrogens with one attached hydrogen (secondary N) is 1. The normalized spacial score (nSPS) is 10.2. The van der Waals surface area contributed by atoms with Crippen molar-refractivity contribution < 1.29 is 14.3 Å². The molecule has 2 aromatic rings. The number of pyridine rings is 1. The van der Waals surface area contributed by atoms with Crippen molar-refractivity contribution in [2.24, 2.45) is 0 Å². The first-order chi connectivity index (χ1) is 11.6. The number of hydrogen-bond acceptors (Lipinski definition) is 5. The molecule has 5 nitrogen and oxygen atoms in total. The number of ether oxygens (including phenoxy) is 1. The molecule has 7 heteroatoms. The number of benzene rings is 1. The van der Waals surface area contributed by atoms with E-state index in [1.54, 1.807) is 11.8 Å². The number of hydrogen-bond donors (Lipinski definition) is 1. The Hall–Kier alpha value is -2.05. The number of esters is 1. The summed E-state index contributed by atoms with van der Waals surface area (Å²) in [7, 11) is 0. The van der Waals surface area contributed by atoms with Crippen molar-refractivity contribution in [3.63, 3.8) is 0 Å². The molecule has 1 heterocycles. The van der Waals surface area contributed by atoms with Crippen LogP contribution < -0.4 is 5.32 Å². The van der Waals surface area contributed by atoms with Gasteiger partial charge in [-0.3, -0.25) is 4.79 Å². The van der Waals surface area contributed by atoms with Crippen LogP contribution in [-0.4, -0.2) is 35.8 Å². The van der Waals surface area contributed by atoms with Crippen LogP contribution in [0.15, 0.2) is 48.7 Å². The van der Waals surface area contributed by atoms with Crippen molar-refractivity contribution >= 4 is 35.2 Å². The molecule has 0 saturated carbocycles. The van der Waals surface area contributed by atoms with E-state index in [-0.39, 0.29) is 23.2 Å². The zero-order chi connectivity index (χ0) is 17.2. The average molecular weight is 365 g/mol. The summed E-state index contributed by atoms with van der Waals surface area (Å²) in [5, 5.41) is 3.00. The van der Waals surface area contributed by atoms with Gasteiger partial charge in [-0.15, -0.1) is 0 Å².